The van der Waals surface area contributed by atoms with Crippen LogP contribution in [0.4, 0.5) is 11.4 Å². The number of ether oxygens (including phenoxy) is 1. The van der Waals surface area contributed by atoms with Gasteiger partial charge in [0.15, 0.2) is 5.78 Å². The summed E-state index contributed by atoms with van der Waals surface area (Å²) in [7, 11) is 0. The van der Waals surface area contributed by atoms with Crippen molar-refractivity contribution in [2.45, 2.75) is 13.0 Å². The number of esters is 1. The van der Waals surface area contributed by atoms with Gasteiger partial charge in [0.25, 0.3) is 11.6 Å². The number of carbonyl (C=O) groups is 4. The molecule has 9 heteroatoms. The molecule has 0 spiro atoms. The minimum Gasteiger partial charge on any atom is -0.462 e. The first-order valence-electron chi connectivity index (χ1n) is 10.8. The Morgan fingerprint density at radius 1 is 0.914 bits per heavy atom. The van der Waals surface area contributed by atoms with Crippen LogP contribution in [-0.4, -0.2) is 35.0 Å². The molecule has 1 aliphatic rings. The summed E-state index contributed by atoms with van der Waals surface area (Å²) in [6.45, 7) is 1.90. The monoisotopic (exact) mass is 472 g/mol. The average molecular weight is 472 g/mol. The van der Waals surface area contributed by atoms with Gasteiger partial charge in [0.05, 0.1) is 23.1 Å². The zero-order valence-electron chi connectivity index (χ0n) is 18.6. The van der Waals surface area contributed by atoms with E-state index in [1.807, 2.05) is 0 Å². The maximum absolute atomic E-state index is 13.4. The quantitative estimate of drug-likeness (QED) is 0.127. The van der Waals surface area contributed by atoms with E-state index in [-0.39, 0.29) is 23.4 Å². The van der Waals surface area contributed by atoms with Crippen LogP contribution in [0, 0.1) is 16.0 Å². The predicted octanol–water partition coefficient (Wildman–Crippen LogP) is 3.93. The maximum atomic E-state index is 13.4. The van der Waals surface area contributed by atoms with Gasteiger partial charge in [0, 0.05) is 23.4 Å². The van der Waals surface area contributed by atoms with Gasteiger partial charge in [-0.05, 0) is 48.9 Å². The van der Waals surface area contributed by atoms with E-state index in [2.05, 4.69) is 0 Å². The highest BCUT2D eigenvalue weighted by Crippen LogP contribution is 2.41. The lowest BCUT2D eigenvalue weighted by Gasteiger charge is -2.27. The lowest BCUT2D eigenvalue weighted by Crippen LogP contribution is -2.30. The van der Waals surface area contributed by atoms with E-state index < -0.39 is 40.3 Å². The van der Waals surface area contributed by atoms with Gasteiger partial charge in [-0.15, -0.1) is 0 Å². The first-order valence-corrected chi connectivity index (χ1v) is 10.8. The summed E-state index contributed by atoms with van der Waals surface area (Å²) >= 11 is 0. The summed E-state index contributed by atoms with van der Waals surface area (Å²) in [5, 5.41) is 11.0. The minimum atomic E-state index is -1.35. The Morgan fingerprint density at radius 2 is 1.51 bits per heavy atom. The fourth-order valence-corrected chi connectivity index (χ4v) is 4.10. The number of benzene rings is 3. The molecule has 4 rings (SSSR count). The molecule has 0 bridgehead atoms. The summed E-state index contributed by atoms with van der Waals surface area (Å²) in [6, 6.07) is 18.6. The van der Waals surface area contributed by atoms with Gasteiger partial charge in [-0.1, -0.05) is 30.3 Å². The zero-order chi connectivity index (χ0) is 25.1. The third-order valence-electron chi connectivity index (χ3n) is 5.75. The Kier molecular flexibility index (Phi) is 6.50. The van der Waals surface area contributed by atoms with E-state index in [9.17, 15) is 29.3 Å². The number of nitro benzene ring substituents is 1. The highest BCUT2D eigenvalue weighted by atomic mass is 16.6. The minimum absolute atomic E-state index is 0.0854. The van der Waals surface area contributed by atoms with Crippen LogP contribution in [0.1, 0.15) is 39.2 Å². The fraction of sp³-hybridized carbons (Fsp3) is 0.154. The van der Waals surface area contributed by atoms with Crippen molar-refractivity contribution in [2.75, 3.05) is 11.5 Å². The first-order chi connectivity index (χ1) is 16.8. The van der Waals surface area contributed by atoms with Crippen molar-refractivity contribution in [3.63, 3.8) is 0 Å². The van der Waals surface area contributed by atoms with Crippen molar-refractivity contribution < 1.29 is 28.8 Å². The number of non-ortho nitro benzene ring substituents is 1. The number of nitrogens with zero attached hydrogens (tertiary/aromatic N) is 2. The van der Waals surface area contributed by atoms with Crippen molar-refractivity contribution in [2.24, 2.45) is 5.92 Å². The van der Waals surface area contributed by atoms with E-state index in [4.69, 9.17) is 4.74 Å². The van der Waals surface area contributed by atoms with Gasteiger partial charge in [0.1, 0.15) is 5.92 Å². The number of rotatable bonds is 7. The van der Waals surface area contributed by atoms with Crippen LogP contribution in [0.25, 0.3) is 0 Å². The highest BCUT2D eigenvalue weighted by molar-refractivity contribution is 6.49. The Labute approximate surface area is 200 Å². The molecule has 2 atom stereocenters. The number of hydrogen-bond donors (Lipinski definition) is 0. The van der Waals surface area contributed by atoms with Crippen LogP contribution in [0.15, 0.2) is 78.9 Å². The number of Topliss-reactive ketones (excluding diaryl/α,β-unsaturated/α-hetero) is 2. The average Bonchev–Trinajstić information content (AvgIpc) is 3.14. The Bertz CT molecular complexity index is 1300. The first kappa shape index (κ1) is 23.5. The lowest BCUT2D eigenvalue weighted by molar-refractivity contribution is -0.384. The van der Waals surface area contributed by atoms with E-state index in [0.29, 0.717) is 11.3 Å². The number of hydrogen-bond acceptors (Lipinski definition) is 7. The third kappa shape index (κ3) is 4.43. The van der Waals surface area contributed by atoms with E-state index >= 15 is 0 Å². The molecule has 9 nitrogen and oxygen atoms in total. The third-order valence-corrected chi connectivity index (χ3v) is 5.75. The summed E-state index contributed by atoms with van der Waals surface area (Å²) in [5.74, 6) is -4.22. The van der Waals surface area contributed by atoms with Crippen molar-refractivity contribution in [1.82, 2.24) is 0 Å². The lowest BCUT2D eigenvalue weighted by atomic mass is 9.86. The molecular weight excluding hydrogens is 452 g/mol. The normalized spacial score (nSPS) is 17.3. The van der Waals surface area contributed by atoms with E-state index in [0.717, 1.165) is 0 Å². The standard InChI is InChI=1S/C26H20N2O7/c1-2-35-26(32)18-10-12-19(13-11-18)27-22(16-6-4-3-5-7-16)21(24(30)25(27)31)23(29)17-8-14-20(15-9-17)28(33)34/h3-15,21-22H,2H2,1H3. The number of carbonyl (C=O) groups excluding carboxylic acids is 4. The van der Waals surface area contributed by atoms with Crippen LogP contribution in [0.5, 0.6) is 0 Å². The molecule has 0 radical (unpaired) electrons. The highest BCUT2D eigenvalue weighted by Gasteiger charge is 2.52. The zero-order valence-corrected chi connectivity index (χ0v) is 18.6. The fourth-order valence-electron chi connectivity index (χ4n) is 4.10. The molecule has 0 aliphatic carbocycles. The second-order valence-electron chi connectivity index (χ2n) is 7.81. The number of amides is 1. The second-order valence-corrected chi connectivity index (χ2v) is 7.81. The predicted molar refractivity (Wildman–Crippen MR) is 125 cm³/mol. The number of anilines is 1. The van der Waals surface area contributed by atoms with Crippen LogP contribution in [0.2, 0.25) is 0 Å². The van der Waals surface area contributed by atoms with Crippen molar-refractivity contribution in [3.8, 4) is 0 Å². The summed E-state index contributed by atoms with van der Waals surface area (Å²) in [6.07, 6.45) is 0. The van der Waals surface area contributed by atoms with Gasteiger partial charge in [-0.25, -0.2) is 4.79 Å². The molecule has 1 heterocycles. The van der Waals surface area contributed by atoms with E-state index in [1.165, 1.54) is 53.4 Å². The molecule has 3 aromatic rings. The molecule has 35 heavy (non-hydrogen) atoms. The van der Waals surface area contributed by atoms with Crippen LogP contribution in [-0.2, 0) is 14.3 Å². The SMILES string of the molecule is CCOC(=O)c1ccc(N2C(=O)C(=O)C(C(=O)c3ccc([N+](=O)[O-])cc3)C2c2ccccc2)cc1. The number of ketones is 2. The summed E-state index contributed by atoms with van der Waals surface area (Å²) < 4.78 is 4.98. The van der Waals surface area contributed by atoms with Crippen molar-refractivity contribution >= 4 is 34.8 Å². The van der Waals surface area contributed by atoms with Crippen LogP contribution >= 0.6 is 0 Å². The molecule has 0 aromatic heterocycles. The van der Waals surface area contributed by atoms with Crippen LogP contribution < -0.4 is 4.90 Å². The molecule has 0 saturated carbocycles. The molecule has 1 saturated heterocycles. The number of nitro groups is 1. The van der Waals surface area contributed by atoms with Crippen molar-refractivity contribution in [1.29, 1.82) is 0 Å². The largest absolute Gasteiger partial charge is 0.462 e. The van der Waals surface area contributed by atoms with Crippen LogP contribution in [0.3, 0.4) is 0 Å². The molecule has 1 fully saturated rings. The van der Waals surface area contributed by atoms with Gasteiger partial charge >= 0.3 is 5.97 Å². The molecular formula is C26H20N2O7. The smallest absolute Gasteiger partial charge is 0.338 e. The molecule has 2 unspecified atom stereocenters. The summed E-state index contributed by atoms with van der Waals surface area (Å²) in [5.41, 5.74) is 1.08. The van der Waals surface area contributed by atoms with Gasteiger partial charge in [-0.2, -0.15) is 0 Å². The Morgan fingerprint density at radius 3 is 2.09 bits per heavy atom. The maximum Gasteiger partial charge on any atom is 0.338 e. The van der Waals surface area contributed by atoms with E-state index in [1.54, 1.807) is 37.3 Å². The molecule has 1 amide bonds. The molecule has 3 aromatic carbocycles. The second kappa shape index (κ2) is 9.68. The van der Waals surface area contributed by atoms with Gasteiger partial charge < -0.3 is 4.74 Å². The Balaban J connectivity index is 1.75. The Hall–Kier alpha value is -4.66. The molecule has 0 N–H and O–H groups in total. The molecule has 176 valence electrons. The van der Waals surface area contributed by atoms with Gasteiger partial charge in [-0.3, -0.25) is 29.4 Å². The topological polar surface area (TPSA) is 124 Å². The van der Waals surface area contributed by atoms with Crippen molar-refractivity contribution in [3.05, 3.63) is 106 Å². The summed E-state index contributed by atoms with van der Waals surface area (Å²) in [4.78, 5) is 63.3. The molecule has 1 aliphatic heterocycles. The van der Waals surface area contributed by atoms with Gasteiger partial charge in [0.2, 0.25) is 5.78 Å².